The second-order valence-electron chi connectivity index (χ2n) is 4.91. The summed E-state index contributed by atoms with van der Waals surface area (Å²) in [6.45, 7) is 9.52. The molecule has 4 nitrogen and oxygen atoms in total. The van der Waals surface area contributed by atoms with E-state index < -0.39 is 6.10 Å². The molecule has 0 aromatic heterocycles. The Morgan fingerprint density at radius 3 is 2.47 bits per heavy atom. The molecule has 0 spiro atoms. The summed E-state index contributed by atoms with van der Waals surface area (Å²) in [5, 5.41) is 12.6. The van der Waals surface area contributed by atoms with Gasteiger partial charge in [-0.1, -0.05) is 19.9 Å². The average Bonchev–Trinajstić information content (AvgIpc) is 2.35. The molecule has 1 rings (SSSR count). The van der Waals surface area contributed by atoms with Crippen LogP contribution in [0.5, 0.6) is 11.5 Å². The molecule has 0 aliphatic heterocycles. The lowest BCUT2D eigenvalue weighted by molar-refractivity contribution is 0.120. The third-order valence-electron chi connectivity index (χ3n) is 2.50. The summed E-state index contributed by atoms with van der Waals surface area (Å²) in [5.74, 6) is 1.40. The fourth-order valence-corrected chi connectivity index (χ4v) is 1.58. The Kier molecular flexibility index (Phi) is 6.67. The molecule has 0 heterocycles. The predicted octanol–water partition coefficient (Wildman–Crippen LogP) is 2.34. The van der Waals surface area contributed by atoms with Gasteiger partial charge in [-0.15, -0.1) is 0 Å². The summed E-state index contributed by atoms with van der Waals surface area (Å²) < 4.78 is 11.1. The van der Waals surface area contributed by atoms with Crippen LogP contribution in [-0.4, -0.2) is 30.5 Å². The number of aliphatic hydroxyl groups excluding tert-OH is 1. The quantitative estimate of drug-likeness (QED) is 0.759. The Labute approximate surface area is 115 Å². The highest BCUT2D eigenvalue weighted by atomic mass is 16.5. The molecule has 1 unspecified atom stereocenters. The van der Waals surface area contributed by atoms with Gasteiger partial charge in [0.1, 0.15) is 6.61 Å². The van der Waals surface area contributed by atoms with E-state index in [9.17, 15) is 5.11 Å². The van der Waals surface area contributed by atoms with E-state index >= 15 is 0 Å². The Bertz CT molecular complexity index is 378. The van der Waals surface area contributed by atoms with Gasteiger partial charge in [0.05, 0.1) is 12.7 Å². The Balaban J connectivity index is 2.75. The van der Waals surface area contributed by atoms with Crippen molar-refractivity contribution in [2.24, 2.45) is 0 Å². The molecule has 0 bridgehead atoms. The van der Waals surface area contributed by atoms with E-state index in [2.05, 4.69) is 19.2 Å². The van der Waals surface area contributed by atoms with E-state index in [1.54, 1.807) is 6.92 Å². The van der Waals surface area contributed by atoms with Gasteiger partial charge in [0.2, 0.25) is 0 Å². The Morgan fingerprint density at radius 1 is 1.16 bits per heavy atom. The minimum Gasteiger partial charge on any atom is -0.490 e. The molecule has 0 amide bonds. The third-order valence-corrected chi connectivity index (χ3v) is 2.50. The maximum absolute atomic E-state index is 9.26. The van der Waals surface area contributed by atoms with Gasteiger partial charge < -0.3 is 19.9 Å². The summed E-state index contributed by atoms with van der Waals surface area (Å²) >= 11 is 0. The SMILES string of the molecule is CCOc1cc(CNC(C)C)ccc1OCC(C)O. The summed E-state index contributed by atoms with van der Waals surface area (Å²) in [5.41, 5.74) is 1.15. The minimum atomic E-state index is -0.489. The summed E-state index contributed by atoms with van der Waals surface area (Å²) in [4.78, 5) is 0. The Morgan fingerprint density at radius 2 is 1.89 bits per heavy atom. The summed E-state index contributed by atoms with van der Waals surface area (Å²) in [7, 11) is 0. The highest BCUT2D eigenvalue weighted by Crippen LogP contribution is 2.28. The van der Waals surface area contributed by atoms with Gasteiger partial charge in [0.15, 0.2) is 11.5 Å². The molecule has 4 heteroatoms. The molecule has 0 fully saturated rings. The van der Waals surface area contributed by atoms with Crippen molar-refractivity contribution in [2.45, 2.75) is 46.4 Å². The number of aliphatic hydroxyl groups is 1. The van der Waals surface area contributed by atoms with E-state index in [0.29, 0.717) is 18.4 Å². The van der Waals surface area contributed by atoms with Gasteiger partial charge in [-0.3, -0.25) is 0 Å². The highest BCUT2D eigenvalue weighted by Gasteiger charge is 2.08. The zero-order chi connectivity index (χ0) is 14.3. The summed E-state index contributed by atoms with van der Waals surface area (Å²) in [6, 6.07) is 6.33. The molecule has 1 aromatic carbocycles. The van der Waals surface area contributed by atoms with Crippen molar-refractivity contribution in [3.05, 3.63) is 23.8 Å². The molecule has 1 aromatic rings. The zero-order valence-corrected chi connectivity index (χ0v) is 12.3. The van der Waals surface area contributed by atoms with Crippen LogP contribution >= 0.6 is 0 Å². The Hall–Kier alpha value is -1.26. The van der Waals surface area contributed by atoms with Gasteiger partial charge in [-0.2, -0.15) is 0 Å². The molecular weight excluding hydrogens is 242 g/mol. The molecule has 1 atom stereocenters. The first-order valence-corrected chi connectivity index (χ1v) is 6.83. The first-order chi connectivity index (χ1) is 9.02. The van der Waals surface area contributed by atoms with Crippen molar-refractivity contribution >= 4 is 0 Å². The maximum Gasteiger partial charge on any atom is 0.161 e. The highest BCUT2D eigenvalue weighted by molar-refractivity contribution is 5.43. The van der Waals surface area contributed by atoms with E-state index in [-0.39, 0.29) is 6.61 Å². The smallest absolute Gasteiger partial charge is 0.161 e. The molecule has 0 saturated carbocycles. The monoisotopic (exact) mass is 267 g/mol. The number of nitrogens with one attached hydrogen (secondary N) is 1. The van der Waals surface area contributed by atoms with Crippen LogP contribution in [0.3, 0.4) is 0 Å². The zero-order valence-electron chi connectivity index (χ0n) is 12.3. The third kappa shape index (κ3) is 5.94. The van der Waals surface area contributed by atoms with Crippen molar-refractivity contribution in [3.8, 4) is 11.5 Å². The van der Waals surface area contributed by atoms with Crippen molar-refractivity contribution in [3.63, 3.8) is 0 Å². The minimum absolute atomic E-state index is 0.268. The fourth-order valence-electron chi connectivity index (χ4n) is 1.58. The lowest BCUT2D eigenvalue weighted by Gasteiger charge is -2.15. The molecule has 19 heavy (non-hydrogen) atoms. The molecule has 0 radical (unpaired) electrons. The first kappa shape index (κ1) is 15.8. The fraction of sp³-hybridized carbons (Fsp3) is 0.600. The van der Waals surface area contributed by atoms with Crippen LogP contribution in [-0.2, 0) is 6.54 Å². The van der Waals surface area contributed by atoms with E-state index in [4.69, 9.17) is 9.47 Å². The standard InChI is InChI=1S/C15H25NO3/c1-5-18-15-8-13(9-16-11(2)3)6-7-14(15)19-10-12(4)17/h6-8,11-12,16-17H,5,9-10H2,1-4H3. The van der Waals surface area contributed by atoms with Gasteiger partial charge >= 0.3 is 0 Å². The maximum atomic E-state index is 9.26. The summed E-state index contributed by atoms with van der Waals surface area (Å²) in [6.07, 6.45) is -0.489. The number of hydrogen-bond donors (Lipinski definition) is 2. The second kappa shape index (κ2) is 8.02. The molecule has 2 N–H and O–H groups in total. The lowest BCUT2D eigenvalue weighted by atomic mass is 10.2. The van der Waals surface area contributed by atoms with Gasteiger partial charge in [0, 0.05) is 12.6 Å². The lowest BCUT2D eigenvalue weighted by Crippen LogP contribution is -2.21. The molecule has 0 aliphatic carbocycles. The van der Waals surface area contributed by atoms with Gasteiger partial charge in [-0.25, -0.2) is 0 Å². The van der Waals surface area contributed by atoms with Crippen LogP contribution in [0.2, 0.25) is 0 Å². The second-order valence-corrected chi connectivity index (χ2v) is 4.91. The predicted molar refractivity (Wildman–Crippen MR) is 76.8 cm³/mol. The largest absolute Gasteiger partial charge is 0.490 e. The number of rotatable bonds is 8. The average molecular weight is 267 g/mol. The van der Waals surface area contributed by atoms with Crippen LogP contribution in [0.4, 0.5) is 0 Å². The molecule has 108 valence electrons. The van der Waals surface area contributed by atoms with Crippen molar-refractivity contribution < 1.29 is 14.6 Å². The number of hydrogen-bond acceptors (Lipinski definition) is 4. The van der Waals surface area contributed by atoms with Crippen molar-refractivity contribution in [2.75, 3.05) is 13.2 Å². The van der Waals surface area contributed by atoms with Crippen LogP contribution in [0.25, 0.3) is 0 Å². The van der Waals surface area contributed by atoms with Crippen LogP contribution in [0.15, 0.2) is 18.2 Å². The normalized spacial score (nSPS) is 12.5. The van der Waals surface area contributed by atoms with Crippen LogP contribution < -0.4 is 14.8 Å². The molecule has 0 aliphatic rings. The van der Waals surface area contributed by atoms with Crippen LogP contribution in [0.1, 0.15) is 33.3 Å². The number of benzene rings is 1. The van der Waals surface area contributed by atoms with Gasteiger partial charge in [0.25, 0.3) is 0 Å². The van der Waals surface area contributed by atoms with Gasteiger partial charge in [-0.05, 0) is 31.5 Å². The molecular formula is C15H25NO3. The number of ether oxygens (including phenoxy) is 2. The molecule has 0 saturated heterocycles. The first-order valence-electron chi connectivity index (χ1n) is 6.83. The van der Waals surface area contributed by atoms with E-state index in [1.165, 1.54) is 0 Å². The van der Waals surface area contributed by atoms with Crippen LogP contribution in [0, 0.1) is 0 Å². The van der Waals surface area contributed by atoms with Crippen molar-refractivity contribution in [1.82, 2.24) is 5.32 Å². The van der Waals surface area contributed by atoms with Crippen molar-refractivity contribution in [1.29, 1.82) is 0 Å². The topological polar surface area (TPSA) is 50.7 Å². The van der Waals surface area contributed by atoms with E-state index in [1.807, 2.05) is 25.1 Å². The van der Waals surface area contributed by atoms with E-state index in [0.717, 1.165) is 17.9 Å².